The summed E-state index contributed by atoms with van der Waals surface area (Å²) in [6.07, 6.45) is -1.09. The lowest BCUT2D eigenvalue weighted by molar-refractivity contribution is -0.384. The molecule has 0 spiro atoms. The number of nitro benzene ring substituents is 1. The van der Waals surface area contributed by atoms with Crippen LogP contribution in [-0.4, -0.2) is 95.0 Å². The van der Waals surface area contributed by atoms with Gasteiger partial charge in [-0.2, -0.15) is 0 Å². The number of piperazine rings is 1. The molecule has 3 aliphatic rings. The minimum atomic E-state index is -0.625. The Morgan fingerprint density at radius 2 is 1.67 bits per heavy atom. The largest absolute Gasteiger partial charge is 0.368 e. The van der Waals surface area contributed by atoms with Gasteiger partial charge in [0.2, 0.25) is 11.8 Å². The summed E-state index contributed by atoms with van der Waals surface area (Å²) in [4.78, 5) is 56.4. The maximum Gasteiger partial charge on any atom is 0.327 e. The summed E-state index contributed by atoms with van der Waals surface area (Å²) in [5.41, 5.74) is 1.83. The molecule has 4 unspecified atom stereocenters. The van der Waals surface area contributed by atoms with E-state index in [2.05, 4.69) is 27.7 Å². The lowest BCUT2D eigenvalue weighted by atomic mass is 9.96. The third kappa shape index (κ3) is 5.42. The lowest BCUT2D eigenvalue weighted by Gasteiger charge is -2.50. The number of thioether (sulfide) groups is 1. The first-order valence-electron chi connectivity index (χ1n) is 12.7. The second kappa shape index (κ2) is 11.2. The maximum atomic E-state index is 13.2. The molecule has 0 aromatic heterocycles. The van der Waals surface area contributed by atoms with Gasteiger partial charge in [0, 0.05) is 58.1 Å². The monoisotopic (exact) mass is 553 g/mol. The molecule has 3 saturated heterocycles. The number of nitrogens with one attached hydrogen (secondary N) is 2. The van der Waals surface area contributed by atoms with Crippen molar-refractivity contribution in [1.82, 2.24) is 25.3 Å². The number of fused-ring (bicyclic) bond motifs is 1. The van der Waals surface area contributed by atoms with E-state index in [1.165, 1.54) is 35.8 Å². The SMILES string of the molecule is CN1C(=O)C2C(SCC(=O)N3CCN(c4ccccc4)CC3)NC(c3ccc([N+](=O)[O-])cc3)NC2N(C)C1=O. The molecule has 3 fully saturated rings. The van der Waals surface area contributed by atoms with Crippen molar-refractivity contribution in [2.75, 3.05) is 50.9 Å². The van der Waals surface area contributed by atoms with Gasteiger partial charge in [-0.15, -0.1) is 11.8 Å². The van der Waals surface area contributed by atoms with E-state index >= 15 is 0 Å². The molecule has 4 amide bonds. The van der Waals surface area contributed by atoms with Crippen molar-refractivity contribution in [3.8, 4) is 0 Å². The van der Waals surface area contributed by atoms with Crippen LogP contribution in [0.2, 0.25) is 0 Å². The van der Waals surface area contributed by atoms with Gasteiger partial charge >= 0.3 is 6.03 Å². The highest BCUT2D eigenvalue weighted by Gasteiger charge is 2.51. The van der Waals surface area contributed by atoms with Crippen molar-refractivity contribution < 1.29 is 19.3 Å². The number of non-ortho nitro benzene ring substituents is 1. The number of imide groups is 1. The number of benzene rings is 2. The highest BCUT2D eigenvalue weighted by molar-refractivity contribution is 8.00. The molecule has 0 saturated carbocycles. The average molecular weight is 554 g/mol. The summed E-state index contributed by atoms with van der Waals surface area (Å²) < 4.78 is 0. The van der Waals surface area contributed by atoms with Crippen molar-refractivity contribution in [3.63, 3.8) is 0 Å². The second-order valence-electron chi connectivity index (χ2n) is 9.81. The molecular formula is C26H31N7O5S. The molecule has 0 aliphatic carbocycles. The third-order valence-electron chi connectivity index (χ3n) is 7.53. The zero-order chi connectivity index (χ0) is 27.7. The van der Waals surface area contributed by atoms with Crippen molar-refractivity contribution in [2.24, 2.45) is 5.92 Å². The number of para-hydroxylation sites is 1. The van der Waals surface area contributed by atoms with Crippen molar-refractivity contribution in [2.45, 2.75) is 17.7 Å². The number of carbonyl (C=O) groups excluding carboxylic acids is 3. The Bertz CT molecular complexity index is 1240. The first-order valence-corrected chi connectivity index (χ1v) is 13.8. The van der Waals surface area contributed by atoms with Gasteiger partial charge in [0.25, 0.3) is 5.69 Å². The van der Waals surface area contributed by atoms with E-state index < -0.39 is 34.6 Å². The Labute approximate surface area is 230 Å². The third-order valence-corrected chi connectivity index (χ3v) is 8.74. The van der Waals surface area contributed by atoms with Crippen LogP contribution < -0.4 is 15.5 Å². The number of hydrogen-bond donors (Lipinski definition) is 2. The molecule has 3 heterocycles. The summed E-state index contributed by atoms with van der Waals surface area (Å²) in [7, 11) is 3.09. The number of amides is 4. The molecule has 12 nitrogen and oxygen atoms in total. The van der Waals surface area contributed by atoms with Crippen molar-refractivity contribution >= 4 is 41.0 Å². The van der Waals surface area contributed by atoms with Crippen LogP contribution in [0.5, 0.6) is 0 Å². The van der Waals surface area contributed by atoms with E-state index in [0.717, 1.165) is 29.2 Å². The summed E-state index contributed by atoms with van der Waals surface area (Å²) in [5, 5.41) is 17.3. The number of nitrogens with zero attached hydrogens (tertiary/aromatic N) is 5. The quantitative estimate of drug-likeness (QED) is 0.405. The van der Waals surface area contributed by atoms with Crippen LogP contribution in [0.1, 0.15) is 11.7 Å². The number of nitro groups is 1. The fourth-order valence-electron chi connectivity index (χ4n) is 5.28. The van der Waals surface area contributed by atoms with Crippen LogP contribution in [0, 0.1) is 16.0 Å². The zero-order valence-corrected chi connectivity index (χ0v) is 22.5. The van der Waals surface area contributed by atoms with E-state index in [1.54, 1.807) is 19.2 Å². The van der Waals surface area contributed by atoms with Gasteiger partial charge in [-0.1, -0.05) is 18.2 Å². The van der Waals surface area contributed by atoms with Gasteiger partial charge in [0.1, 0.15) is 0 Å². The number of hydrogen-bond acceptors (Lipinski definition) is 9. The van der Waals surface area contributed by atoms with Gasteiger partial charge in [-0.25, -0.2) is 4.79 Å². The highest BCUT2D eigenvalue weighted by atomic mass is 32.2. The highest BCUT2D eigenvalue weighted by Crippen LogP contribution is 2.35. The topological polar surface area (TPSA) is 131 Å². The number of anilines is 1. The van der Waals surface area contributed by atoms with E-state index in [4.69, 9.17) is 0 Å². The number of carbonyl (C=O) groups is 3. The Morgan fingerprint density at radius 3 is 2.31 bits per heavy atom. The van der Waals surface area contributed by atoms with Crippen LogP contribution in [0.15, 0.2) is 54.6 Å². The molecule has 4 atom stereocenters. The van der Waals surface area contributed by atoms with E-state index in [1.807, 2.05) is 23.1 Å². The predicted octanol–water partition coefficient (Wildman–Crippen LogP) is 1.66. The first-order chi connectivity index (χ1) is 18.7. The molecule has 0 radical (unpaired) electrons. The Balaban J connectivity index is 1.28. The molecular weight excluding hydrogens is 522 g/mol. The molecule has 3 aliphatic heterocycles. The fourth-order valence-corrected chi connectivity index (χ4v) is 6.49. The van der Waals surface area contributed by atoms with Crippen molar-refractivity contribution in [1.29, 1.82) is 0 Å². The molecule has 39 heavy (non-hydrogen) atoms. The Kier molecular flexibility index (Phi) is 7.73. The molecule has 2 N–H and O–H groups in total. The Morgan fingerprint density at radius 1 is 1.00 bits per heavy atom. The predicted molar refractivity (Wildman–Crippen MR) is 147 cm³/mol. The molecule has 2 aromatic carbocycles. The summed E-state index contributed by atoms with van der Waals surface area (Å²) in [6, 6.07) is 15.8. The van der Waals surface area contributed by atoms with Crippen LogP contribution in [0.3, 0.4) is 0 Å². The molecule has 0 bridgehead atoms. The van der Waals surface area contributed by atoms with Crippen LogP contribution in [0.25, 0.3) is 0 Å². The van der Waals surface area contributed by atoms with Gasteiger partial charge in [0.15, 0.2) is 0 Å². The summed E-state index contributed by atoms with van der Waals surface area (Å²) >= 11 is 1.35. The van der Waals surface area contributed by atoms with E-state index in [0.29, 0.717) is 13.1 Å². The van der Waals surface area contributed by atoms with Gasteiger partial charge in [-0.3, -0.25) is 35.2 Å². The normalized spacial score (nSPS) is 25.5. The standard InChI is InChI=1S/C26H31N7O5S/c1-29-23-21(25(35)30(2)26(29)36)24(28-22(27-23)17-8-10-19(11-9-17)33(37)38)39-16-20(34)32-14-12-31(13-15-32)18-6-4-3-5-7-18/h3-11,21-24,27-28H,12-16H2,1-2H3. The fraction of sp³-hybridized carbons (Fsp3) is 0.423. The van der Waals surface area contributed by atoms with E-state index in [-0.39, 0.29) is 23.3 Å². The molecule has 13 heteroatoms. The Hall–Kier alpha value is -3.68. The number of rotatable bonds is 6. The molecule has 5 rings (SSSR count). The smallest absolute Gasteiger partial charge is 0.327 e. The van der Waals surface area contributed by atoms with Gasteiger partial charge in [-0.05, 0) is 29.8 Å². The molecule has 2 aromatic rings. The average Bonchev–Trinajstić information content (AvgIpc) is 2.97. The van der Waals surface area contributed by atoms with Crippen LogP contribution in [0.4, 0.5) is 16.2 Å². The maximum absolute atomic E-state index is 13.2. The number of urea groups is 1. The molecule has 206 valence electrons. The van der Waals surface area contributed by atoms with Crippen molar-refractivity contribution in [3.05, 3.63) is 70.3 Å². The minimum absolute atomic E-state index is 0.00229. The van der Waals surface area contributed by atoms with Gasteiger partial charge in [0.05, 0.1) is 34.3 Å². The van der Waals surface area contributed by atoms with Crippen LogP contribution in [-0.2, 0) is 9.59 Å². The lowest BCUT2D eigenvalue weighted by Crippen LogP contribution is -2.72. The van der Waals surface area contributed by atoms with Crippen LogP contribution >= 0.6 is 11.8 Å². The summed E-state index contributed by atoms with van der Waals surface area (Å²) in [5.74, 6) is -0.780. The van der Waals surface area contributed by atoms with E-state index in [9.17, 15) is 24.5 Å². The minimum Gasteiger partial charge on any atom is -0.368 e. The zero-order valence-electron chi connectivity index (χ0n) is 21.7. The summed E-state index contributed by atoms with van der Waals surface area (Å²) in [6.45, 7) is 2.72. The van der Waals surface area contributed by atoms with Gasteiger partial charge < -0.3 is 14.7 Å². The second-order valence-corrected chi connectivity index (χ2v) is 10.9. The first kappa shape index (κ1) is 26.9.